The van der Waals surface area contributed by atoms with E-state index in [9.17, 15) is 14.0 Å². The fourth-order valence-electron chi connectivity index (χ4n) is 4.33. The molecule has 0 radical (unpaired) electrons. The highest BCUT2D eigenvalue weighted by Gasteiger charge is 2.51. The quantitative estimate of drug-likeness (QED) is 0.739. The Bertz CT molecular complexity index is 1040. The van der Waals surface area contributed by atoms with Gasteiger partial charge in [-0.2, -0.15) is 5.10 Å². The van der Waals surface area contributed by atoms with Gasteiger partial charge in [0.15, 0.2) is 0 Å². The third-order valence-corrected chi connectivity index (χ3v) is 6.57. The minimum Gasteiger partial charge on any atom is -0.379 e. The number of nitrogens with zero attached hydrogens (tertiary/aromatic N) is 3. The van der Waals surface area contributed by atoms with Crippen LogP contribution in [0.1, 0.15) is 41.0 Å². The van der Waals surface area contributed by atoms with Crippen LogP contribution in [0.2, 0.25) is 5.02 Å². The summed E-state index contributed by atoms with van der Waals surface area (Å²) in [5.41, 5.74) is 2.23. The van der Waals surface area contributed by atoms with Crippen LogP contribution in [0.3, 0.4) is 0 Å². The molecule has 3 aliphatic rings. The van der Waals surface area contributed by atoms with Crippen LogP contribution in [0.4, 0.5) is 14.9 Å². The molecule has 31 heavy (non-hydrogen) atoms. The largest absolute Gasteiger partial charge is 0.379 e. The number of nitrogens with one attached hydrogen (secondary N) is 2. The Morgan fingerprint density at radius 2 is 2.13 bits per heavy atom. The molecule has 8 nitrogen and oxygen atoms in total. The van der Waals surface area contributed by atoms with Crippen LogP contribution >= 0.6 is 11.6 Å². The van der Waals surface area contributed by atoms with E-state index in [1.54, 1.807) is 4.90 Å². The smallest absolute Gasteiger partial charge is 0.322 e. The third-order valence-electron chi connectivity index (χ3n) is 6.28. The molecule has 0 atom stereocenters. The molecule has 1 aliphatic carbocycles. The first kappa shape index (κ1) is 20.3. The Morgan fingerprint density at radius 1 is 1.29 bits per heavy atom. The molecule has 1 aromatic heterocycles. The summed E-state index contributed by atoms with van der Waals surface area (Å²) in [5, 5.41) is 9.95. The van der Waals surface area contributed by atoms with Crippen molar-refractivity contribution >= 4 is 29.2 Å². The SMILES string of the molecule is O=C(Nc1ccc(F)c(Cl)c1)N1CCc2n[nH]c(C(=O)N3CCCOCC34CC4)c2C1. The van der Waals surface area contributed by atoms with E-state index in [4.69, 9.17) is 16.3 Å². The average molecular weight is 448 g/mol. The summed E-state index contributed by atoms with van der Waals surface area (Å²) in [6.45, 7) is 2.62. The van der Waals surface area contributed by atoms with Gasteiger partial charge in [-0.3, -0.25) is 9.89 Å². The minimum absolute atomic E-state index is 0.0584. The Morgan fingerprint density at radius 3 is 2.90 bits per heavy atom. The van der Waals surface area contributed by atoms with E-state index in [1.165, 1.54) is 18.2 Å². The predicted octanol–water partition coefficient (Wildman–Crippen LogP) is 3.19. The second-order valence-electron chi connectivity index (χ2n) is 8.34. The number of aromatic amines is 1. The van der Waals surface area contributed by atoms with E-state index in [2.05, 4.69) is 15.5 Å². The van der Waals surface area contributed by atoms with E-state index in [-0.39, 0.29) is 29.0 Å². The van der Waals surface area contributed by atoms with Crippen LogP contribution in [0.5, 0.6) is 0 Å². The van der Waals surface area contributed by atoms with E-state index < -0.39 is 5.82 Å². The average Bonchev–Trinajstić information content (AvgIpc) is 3.47. The van der Waals surface area contributed by atoms with Crippen LogP contribution < -0.4 is 5.32 Å². The number of urea groups is 1. The van der Waals surface area contributed by atoms with Gasteiger partial charge in [-0.15, -0.1) is 0 Å². The van der Waals surface area contributed by atoms with Crippen LogP contribution in [-0.4, -0.2) is 63.8 Å². The van der Waals surface area contributed by atoms with Crippen molar-refractivity contribution in [3.05, 3.63) is 46.0 Å². The maximum atomic E-state index is 13.4. The third kappa shape index (κ3) is 3.76. The van der Waals surface area contributed by atoms with Crippen molar-refractivity contribution < 1.29 is 18.7 Å². The summed E-state index contributed by atoms with van der Waals surface area (Å²) in [6, 6.07) is 3.69. The molecule has 0 unspecified atom stereocenters. The van der Waals surface area contributed by atoms with Crippen LogP contribution in [0, 0.1) is 5.82 Å². The zero-order valence-electron chi connectivity index (χ0n) is 16.9. The lowest BCUT2D eigenvalue weighted by molar-refractivity contribution is 0.0543. The lowest BCUT2D eigenvalue weighted by atomic mass is 10.0. The highest BCUT2D eigenvalue weighted by molar-refractivity contribution is 6.31. The molecule has 1 saturated carbocycles. The van der Waals surface area contributed by atoms with Crippen molar-refractivity contribution in [2.75, 3.05) is 31.6 Å². The first-order valence-corrected chi connectivity index (χ1v) is 10.8. The molecule has 2 fully saturated rings. The molecule has 2 aromatic rings. The number of rotatable bonds is 2. The maximum absolute atomic E-state index is 13.4. The molecule has 2 aliphatic heterocycles. The standard InChI is InChI=1S/C21H23ClFN5O3/c22-15-10-13(2-3-16(15)23)24-20(30)27-8-4-17-14(11-27)18(26-25-17)19(29)28-7-1-9-31-12-21(28)5-6-21/h2-3,10H,1,4-9,11-12H2,(H,24,30)(H,25,26). The van der Waals surface area contributed by atoms with E-state index in [0.29, 0.717) is 44.1 Å². The molecular weight excluding hydrogens is 425 g/mol. The minimum atomic E-state index is -0.545. The van der Waals surface area contributed by atoms with Crippen molar-refractivity contribution in [3.63, 3.8) is 0 Å². The van der Waals surface area contributed by atoms with Gasteiger partial charge in [0.05, 0.1) is 29.4 Å². The van der Waals surface area contributed by atoms with Gasteiger partial charge in [0.25, 0.3) is 5.91 Å². The van der Waals surface area contributed by atoms with E-state index >= 15 is 0 Å². The molecule has 0 bridgehead atoms. The number of aromatic nitrogens is 2. The van der Waals surface area contributed by atoms with Crippen molar-refractivity contribution in [2.24, 2.45) is 0 Å². The zero-order chi connectivity index (χ0) is 21.6. The molecule has 2 N–H and O–H groups in total. The fraction of sp³-hybridized carbons (Fsp3) is 0.476. The summed E-state index contributed by atoms with van der Waals surface area (Å²) >= 11 is 5.80. The number of anilines is 1. The van der Waals surface area contributed by atoms with Gasteiger partial charge >= 0.3 is 6.03 Å². The van der Waals surface area contributed by atoms with Crippen LogP contribution in [-0.2, 0) is 17.7 Å². The summed E-state index contributed by atoms with van der Waals surface area (Å²) in [5.74, 6) is -0.625. The molecule has 5 rings (SSSR count). The van der Waals surface area contributed by atoms with Gasteiger partial charge in [-0.1, -0.05) is 11.6 Å². The van der Waals surface area contributed by atoms with Gasteiger partial charge in [0.2, 0.25) is 0 Å². The van der Waals surface area contributed by atoms with Crippen molar-refractivity contribution in [1.82, 2.24) is 20.0 Å². The van der Waals surface area contributed by atoms with Crippen molar-refractivity contribution in [1.29, 1.82) is 0 Å². The number of amides is 3. The molecule has 3 amide bonds. The van der Waals surface area contributed by atoms with Gasteiger partial charge in [0, 0.05) is 37.4 Å². The van der Waals surface area contributed by atoms with Gasteiger partial charge in [-0.05, 0) is 37.5 Å². The fourth-order valence-corrected chi connectivity index (χ4v) is 4.51. The van der Waals surface area contributed by atoms with Gasteiger partial charge in [0.1, 0.15) is 11.5 Å². The molecule has 3 heterocycles. The lowest BCUT2D eigenvalue weighted by Gasteiger charge is -2.31. The molecule has 1 saturated heterocycles. The first-order chi connectivity index (χ1) is 15.0. The number of ether oxygens (including phenoxy) is 1. The first-order valence-electron chi connectivity index (χ1n) is 10.4. The molecule has 1 aromatic carbocycles. The Balaban J connectivity index is 1.33. The van der Waals surface area contributed by atoms with Crippen molar-refractivity contribution in [2.45, 2.75) is 37.8 Å². The number of H-pyrrole nitrogens is 1. The monoisotopic (exact) mass is 447 g/mol. The lowest BCUT2D eigenvalue weighted by Crippen LogP contribution is -2.45. The van der Waals surface area contributed by atoms with Crippen LogP contribution in [0.15, 0.2) is 18.2 Å². The topological polar surface area (TPSA) is 90.6 Å². The number of halogens is 2. The van der Waals surface area contributed by atoms with Gasteiger partial charge < -0.3 is 19.9 Å². The number of fused-ring (bicyclic) bond motifs is 1. The van der Waals surface area contributed by atoms with E-state index in [1.807, 2.05) is 4.90 Å². The molecule has 10 heteroatoms. The highest BCUT2D eigenvalue weighted by atomic mass is 35.5. The zero-order valence-corrected chi connectivity index (χ0v) is 17.7. The summed E-state index contributed by atoms with van der Waals surface area (Å²) in [6.07, 6.45) is 3.25. The summed E-state index contributed by atoms with van der Waals surface area (Å²) in [4.78, 5) is 29.7. The predicted molar refractivity (Wildman–Crippen MR) is 112 cm³/mol. The normalized spacial score (nSPS) is 19.7. The van der Waals surface area contributed by atoms with E-state index in [0.717, 1.165) is 30.5 Å². The summed E-state index contributed by atoms with van der Waals surface area (Å²) in [7, 11) is 0. The second kappa shape index (κ2) is 7.80. The maximum Gasteiger partial charge on any atom is 0.322 e. The number of hydrogen-bond acceptors (Lipinski definition) is 4. The Kier molecular flexibility index (Phi) is 5.10. The highest BCUT2D eigenvalue weighted by Crippen LogP contribution is 2.44. The number of carbonyl (C=O) groups excluding carboxylic acids is 2. The van der Waals surface area contributed by atoms with Crippen LogP contribution in [0.25, 0.3) is 0 Å². The van der Waals surface area contributed by atoms with Crippen molar-refractivity contribution in [3.8, 4) is 0 Å². The second-order valence-corrected chi connectivity index (χ2v) is 8.75. The Labute approximate surface area is 183 Å². The molecular formula is C21H23ClFN5O3. The number of benzene rings is 1. The molecule has 1 spiro atoms. The Hall–Kier alpha value is -2.65. The summed E-state index contributed by atoms with van der Waals surface area (Å²) < 4.78 is 19.1. The molecule has 164 valence electrons. The van der Waals surface area contributed by atoms with Gasteiger partial charge in [-0.25, -0.2) is 9.18 Å². The number of hydrogen-bond donors (Lipinski definition) is 2. The number of carbonyl (C=O) groups is 2.